The molecule has 100 valence electrons. The molecule has 2 aromatic rings. The Balaban J connectivity index is 2.22. The first-order valence-electron chi connectivity index (χ1n) is 5.82. The monoisotopic (exact) mass is 276 g/mol. The Bertz CT molecular complexity index is 567. The summed E-state index contributed by atoms with van der Waals surface area (Å²) in [5.41, 5.74) is 7.88. The van der Waals surface area contributed by atoms with Gasteiger partial charge in [-0.2, -0.15) is 11.3 Å². The number of nitrogens with zero attached hydrogens (tertiary/aromatic N) is 1. The number of hydrogen-bond donors (Lipinski definition) is 1. The molecule has 0 aliphatic rings. The molecule has 0 fully saturated rings. The summed E-state index contributed by atoms with van der Waals surface area (Å²) in [5.74, 6) is 0.333. The molecule has 0 saturated heterocycles. The van der Waals surface area contributed by atoms with E-state index < -0.39 is 0 Å². The third-order valence-corrected chi connectivity index (χ3v) is 3.56. The molecule has 0 radical (unpaired) electrons. The topological polar surface area (TPSA) is 55.6 Å². The number of anilines is 1. The zero-order chi connectivity index (χ0) is 13.8. The van der Waals surface area contributed by atoms with E-state index in [9.17, 15) is 4.79 Å². The molecule has 2 rings (SSSR count). The van der Waals surface area contributed by atoms with Crippen LogP contribution in [0.3, 0.4) is 0 Å². The Hall–Kier alpha value is -2.01. The van der Waals surface area contributed by atoms with E-state index >= 15 is 0 Å². The van der Waals surface area contributed by atoms with E-state index in [1.54, 1.807) is 41.5 Å². The summed E-state index contributed by atoms with van der Waals surface area (Å²) in [5, 5.41) is 4.02. The van der Waals surface area contributed by atoms with Gasteiger partial charge < -0.3 is 15.4 Å². The number of nitrogen functional groups attached to an aromatic ring is 1. The molecule has 0 saturated carbocycles. The van der Waals surface area contributed by atoms with Gasteiger partial charge in [0.15, 0.2) is 5.75 Å². The SMILES string of the molecule is COc1c(N)cccc1C(=O)N(C)Cc1ccsc1. The maximum absolute atomic E-state index is 12.4. The molecular weight excluding hydrogens is 260 g/mol. The highest BCUT2D eigenvalue weighted by Crippen LogP contribution is 2.27. The van der Waals surface area contributed by atoms with Crippen LogP contribution in [-0.4, -0.2) is 25.0 Å². The van der Waals surface area contributed by atoms with Crippen molar-refractivity contribution in [2.45, 2.75) is 6.54 Å². The van der Waals surface area contributed by atoms with Crippen molar-refractivity contribution in [3.8, 4) is 5.75 Å². The van der Waals surface area contributed by atoms with Crippen LogP contribution in [0.2, 0.25) is 0 Å². The molecule has 5 heteroatoms. The van der Waals surface area contributed by atoms with Gasteiger partial charge in [0.25, 0.3) is 5.91 Å². The van der Waals surface area contributed by atoms with Gasteiger partial charge >= 0.3 is 0 Å². The van der Waals surface area contributed by atoms with Crippen LogP contribution < -0.4 is 10.5 Å². The van der Waals surface area contributed by atoms with E-state index in [1.807, 2.05) is 16.8 Å². The maximum atomic E-state index is 12.4. The molecule has 0 bridgehead atoms. The van der Waals surface area contributed by atoms with Crippen LogP contribution in [0.15, 0.2) is 35.0 Å². The van der Waals surface area contributed by atoms with Crippen molar-refractivity contribution < 1.29 is 9.53 Å². The van der Waals surface area contributed by atoms with Gasteiger partial charge in [-0.1, -0.05) is 6.07 Å². The van der Waals surface area contributed by atoms with Crippen molar-refractivity contribution in [2.24, 2.45) is 0 Å². The van der Waals surface area contributed by atoms with Crippen LogP contribution >= 0.6 is 11.3 Å². The third-order valence-electron chi connectivity index (χ3n) is 2.83. The number of nitrogens with two attached hydrogens (primary N) is 1. The number of ether oxygens (including phenoxy) is 1. The third kappa shape index (κ3) is 2.88. The highest BCUT2D eigenvalue weighted by Gasteiger charge is 2.18. The summed E-state index contributed by atoms with van der Waals surface area (Å²) in [6, 6.07) is 7.20. The molecule has 0 aliphatic heterocycles. The van der Waals surface area contributed by atoms with Gasteiger partial charge in [0.05, 0.1) is 18.4 Å². The maximum Gasteiger partial charge on any atom is 0.257 e. The fourth-order valence-corrected chi connectivity index (χ4v) is 2.54. The smallest absolute Gasteiger partial charge is 0.257 e. The predicted octanol–water partition coefficient (Wildman–Crippen LogP) is 2.61. The summed E-state index contributed by atoms with van der Waals surface area (Å²) in [6.45, 7) is 0.570. The quantitative estimate of drug-likeness (QED) is 0.873. The van der Waals surface area contributed by atoms with Crippen LogP contribution in [0.25, 0.3) is 0 Å². The number of hydrogen-bond acceptors (Lipinski definition) is 4. The Morgan fingerprint density at radius 2 is 2.21 bits per heavy atom. The van der Waals surface area contributed by atoms with E-state index in [-0.39, 0.29) is 5.91 Å². The summed E-state index contributed by atoms with van der Waals surface area (Å²) < 4.78 is 5.21. The number of benzene rings is 1. The Labute approximate surface area is 116 Å². The number of amides is 1. The second-order valence-electron chi connectivity index (χ2n) is 4.22. The number of thiophene rings is 1. The van der Waals surface area contributed by atoms with Crippen molar-refractivity contribution >= 4 is 22.9 Å². The van der Waals surface area contributed by atoms with E-state index in [0.29, 0.717) is 23.5 Å². The van der Waals surface area contributed by atoms with Crippen LogP contribution in [0.1, 0.15) is 15.9 Å². The van der Waals surface area contributed by atoms with E-state index in [4.69, 9.17) is 10.5 Å². The van der Waals surface area contributed by atoms with E-state index in [1.165, 1.54) is 7.11 Å². The number of methoxy groups -OCH3 is 1. The first kappa shape index (κ1) is 13.4. The molecule has 0 unspecified atom stereocenters. The van der Waals surface area contributed by atoms with Crippen molar-refractivity contribution in [3.63, 3.8) is 0 Å². The standard InChI is InChI=1S/C14H16N2O2S/c1-16(8-10-6-7-19-9-10)14(17)11-4-3-5-12(15)13(11)18-2/h3-7,9H,8,15H2,1-2H3. The number of para-hydroxylation sites is 1. The van der Waals surface area contributed by atoms with Gasteiger partial charge in [0, 0.05) is 13.6 Å². The molecule has 0 aliphatic carbocycles. The number of rotatable bonds is 4. The highest BCUT2D eigenvalue weighted by molar-refractivity contribution is 7.07. The largest absolute Gasteiger partial charge is 0.494 e. The van der Waals surface area contributed by atoms with Crippen molar-refractivity contribution in [2.75, 3.05) is 19.9 Å². The van der Waals surface area contributed by atoms with Crippen molar-refractivity contribution in [1.82, 2.24) is 4.90 Å². The van der Waals surface area contributed by atoms with Gasteiger partial charge in [0.2, 0.25) is 0 Å². The molecule has 1 aromatic carbocycles. The van der Waals surface area contributed by atoms with Gasteiger partial charge in [-0.3, -0.25) is 4.79 Å². The van der Waals surface area contributed by atoms with Gasteiger partial charge in [0.1, 0.15) is 0 Å². The Morgan fingerprint density at radius 3 is 2.84 bits per heavy atom. The molecule has 1 amide bonds. The summed E-state index contributed by atoms with van der Waals surface area (Å²) >= 11 is 1.62. The van der Waals surface area contributed by atoms with E-state index in [2.05, 4.69) is 0 Å². The molecule has 1 aromatic heterocycles. The first-order chi connectivity index (χ1) is 9.13. The lowest BCUT2D eigenvalue weighted by atomic mass is 10.1. The Kier molecular flexibility index (Phi) is 4.06. The minimum Gasteiger partial charge on any atom is -0.494 e. The average Bonchev–Trinajstić information content (AvgIpc) is 2.90. The fraction of sp³-hybridized carbons (Fsp3) is 0.214. The number of carbonyl (C=O) groups excluding carboxylic acids is 1. The lowest BCUT2D eigenvalue weighted by molar-refractivity contribution is 0.0782. The number of carbonyl (C=O) groups is 1. The van der Waals surface area contributed by atoms with Crippen LogP contribution in [0.4, 0.5) is 5.69 Å². The van der Waals surface area contributed by atoms with Crippen molar-refractivity contribution in [1.29, 1.82) is 0 Å². The minimum atomic E-state index is -0.102. The molecule has 19 heavy (non-hydrogen) atoms. The Morgan fingerprint density at radius 1 is 1.42 bits per heavy atom. The summed E-state index contributed by atoms with van der Waals surface area (Å²) in [7, 11) is 3.28. The second kappa shape index (κ2) is 5.75. The minimum absolute atomic E-state index is 0.102. The molecule has 0 spiro atoms. The summed E-state index contributed by atoms with van der Waals surface area (Å²) in [6.07, 6.45) is 0. The fourth-order valence-electron chi connectivity index (χ4n) is 1.89. The van der Waals surface area contributed by atoms with Crippen LogP contribution in [0, 0.1) is 0 Å². The second-order valence-corrected chi connectivity index (χ2v) is 5.00. The highest BCUT2D eigenvalue weighted by atomic mass is 32.1. The molecular formula is C14H16N2O2S. The van der Waals surface area contributed by atoms with Gasteiger partial charge in [-0.15, -0.1) is 0 Å². The molecule has 1 heterocycles. The normalized spacial score (nSPS) is 10.2. The lowest BCUT2D eigenvalue weighted by Crippen LogP contribution is -2.26. The van der Waals surface area contributed by atoms with Gasteiger partial charge in [-0.05, 0) is 34.5 Å². The predicted molar refractivity (Wildman–Crippen MR) is 77.5 cm³/mol. The van der Waals surface area contributed by atoms with Crippen LogP contribution in [-0.2, 0) is 6.54 Å². The molecule has 0 atom stereocenters. The zero-order valence-electron chi connectivity index (χ0n) is 10.9. The summed E-state index contributed by atoms with van der Waals surface area (Å²) in [4.78, 5) is 14.0. The molecule has 4 nitrogen and oxygen atoms in total. The lowest BCUT2D eigenvalue weighted by Gasteiger charge is -2.18. The first-order valence-corrected chi connectivity index (χ1v) is 6.76. The van der Waals surface area contributed by atoms with Crippen molar-refractivity contribution in [3.05, 3.63) is 46.2 Å². The zero-order valence-corrected chi connectivity index (χ0v) is 11.7. The van der Waals surface area contributed by atoms with Gasteiger partial charge in [-0.25, -0.2) is 0 Å². The van der Waals surface area contributed by atoms with E-state index in [0.717, 1.165) is 5.56 Å². The van der Waals surface area contributed by atoms with Crippen LogP contribution in [0.5, 0.6) is 5.75 Å². The average molecular weight is 276 g/mol. The molecule has 2 N–H and O–H groups in total.